The van der Waals surface area contributed by atoms with Crippen molar-refractivity contribution in [3.63, 3.8) is 0 Å². The number of carbonyl (C=O) groups is 1. The number of nitrogens with one attached hydrogen (secondary N) is 1. The van der Waals surface area contributed by atoms with E-state index in [1.807, 2.05) is 0 Å². The molecule has 0 unspecified atom stereocenters. The molecule has 0 aliphatic rings. The zero-order chi connectivity index (χ0) is 16.3. The Kier molecular flexibility index (Phi) is 5.41. The molecule has 0 atom stereocenters. The van der Waals surface area contributed by atoms with Gasteiger partial charge in [0.05, 0.1) is 4.90 Å². The average molecular weight is 321 g/mol. The number of alkyl halides is 2. The summed E-state index contributed by atoms with van der Waals surface area (Å²) in [5.41, 5.74) is -1.22. The maximum atomic E-state index is 12.4. The zero-order valence-corrected chi connectivity index (χ0v) is 12.5. The number of rotatable bonds is 7. The molecule has 1 aromatic carbocycles. The molecule has 0 bridgehead atoms. The van der Waals surface area contributed by atoms with Gasteiger partial charge in [-0.1, -0.05) is 12.1 Å². The highest BCUT2D eigenvalue weighted by molar-refractivity contribution is 7.89. The summed E-state index contributed by atoms with van der Waals surface area (Å²) in [6.07, 6.45) is -2.74. The molecule has 0 amide bonds. The van der Waals surface area contributed by atoms with Gasteiger partial charge in [0.25, 0.3) is 6.43 Å². The summed E-state index contributed by atoms with van der Waals surface area (Å²) >= 11 is 0. The molecule has 1 aromatic rings. The van der Waals surface area contributed by atoms with Crippen LogP contribution in [0.3, 0.4) is 0 Å². The average Bonchev–Trinajstić information content (AvgIpc) is 2.35. The molecule has 2 N–H and O–H groups in total. The van der Waals surface area contributed by atoms with Crippen LogP contribution in [0.5, 0.6) is 0 Å². The molecule has 0 aliphatic heterocycles. The van der Waals surface area contributed by atoms with E-state index in [9.17, 15) is 22.0 Å². The standard InChI is InChI=1S/C13H17F2NO4S/c1-13(2,8-7-11(17)18)16-21(19,20)10-5-3-9(4-6-10)12(14)15/h3-6,12,16H,7-8H2,1-2H3,(H,17,18). The predicted octanol–water partition coefficient (Wildman–Crippen LogP) is 2.55. The van der Waals surface area contributed by atoms with E-state index in [0.717, 1.165) is 24.3 Å². The van der Waals surface area contributed by atoms with Gasteiger partial charge in [-0.05, 0) is 32.4 Å². The normalized spacial score (nSPS) is 12.6. The van der Waals surface area contributed by atoms with Crippen molar-refractivity contribution in [1.82, 2.24) is 4.72 Å². The quantitative estimate of drug-likeness (QED) is 0.808. The molecule has 0 fully saturated rings. The summed E-state index contributed by atoms with van der Waals surface area (Å²) in [6, 6.07) is 4.28. The van der Waals surface area contributed by atoms with Crippen LogP contribution in [0.15, 0.2) is 29.2 Å². The van der Waals surface area contributed by atoms with Gasteiger partial charge in [0.2, 0.25) is 10.0 Å². The van der Waals surface area contributed by atoms with Crippen LogP contribution < -0.4 is 4.72 Å². The monoisotopic (exact) mass is 321 g/mol. The van der Waals surface area contributed by atoms with Crippen LogP contribution in [0.25, 0.3) is 0 Å². The van der Waals surface area contributed by atoms with Gasteiger partial charge in [-0.25, -0.2) is 21.9 Å². The third-order valence-electron chi connectivity index (χ3n) is 2.82. The van der Waals surface area contributed by atoms with E-state index in [1.54, 1.807) is 13.8 Å². The Labute approximate surface area is 122 Å². The van der Waals surface area contributed by atoms with E-state index in [4.69, 9.17) is 5.11 Å². The van der Waals surface area contributed by atoms with Crippen molar-refractivity contribution in [2.75, 3.05) is 0 Å². The van der Waals surface area contributed by atoms with E-state index >= 15 is 0 Å². The topological polar surface area (TPSA) is 83.5 Å². The first-order valence-electron chi connectivity index (χ1n) is 6.17. The van der Waals surface area contributed by atoms with Gasteiger partial charge in [0.15, 0.2) is 0 Å². The first kappa shape index (κ1) is 17.5. The molecule has 0 aliphatic carbocycles. The summed E-state index contributed by atoms with van der Waals surface area (Å²) < 4.78 is 51.5. The smallest absolute Gasteiger partial charge is 0.303 e. The van der Waals surface area contributed by atoms with E-state index in [2.05, 4.69) is 4.72 Å². The molecular weight excluding hydrogens is 304 g/mol. The highest BCUT2D eigenvalue weighted by atomic mass is 32.2. The van der Waals surface area contributed by atoms with E-state index in [-0.39, 0.29) is 23.3 Å². The highest BCUT2D eigenvalue weighted by Gasteiger charge is 2.27. The van der Waals surface area contributed by atoms with Crippen LogP contribution in [0, 0.1) is 0 Å². The van der Waals surface area contributed by atoms with Crippen molar-refractivity contribution >= 4 is 16.0 Å². The largest absolute Gasteiger partial charge is 0.481 e. The minimum atomic E-state index is -3.90. The Hall–Kier alpha value is -1.54. The Balaban J connectivity index is 2.88. The number of carboxylic acid groups (broad SMARTS) is 1. The molecule has 8 heteroatoms. The molecule has 0 aromatic heterocycles. The SMILES string of the molecule is CC(C)(CCC(=O)O)NS(=O)(=O)c1ccc(C(F)F)cc1. The van der Waals surface area contributed by atoms with Crippen molar-refractivity contribution < 1.29 is 27.1 Å². The first-order valence-corrected chi connectivity index (χ1v) is 7.66. The van der Waals surface area contributed by atoms with Crippen LogP contribution in [0.2, 0.25) is 0 Å². The number of hydrogen-bond acceptors (Lipinski definition) is 3. The van der Waals surface area contributed by atoms with Gasteiger partial charge in [-0.3, -0.25) is 4.79 Å². The lowest BCUT2D eigenvalue weighted by molar-refractivity contribution is -0.137. The zero-order valence-electron chi connectivity index (χ0n) is 11.6. The van der Waals surface area contributed by atoms with Gasteiger partial charge in [0.1, 0.15) is 0 Å². The van der Waals surface area contributed by atoms with Crippen LogP contribution in [-0.2, 0) is 14.8 Å². The molecule has 5 nitrogen and oxygen atoms in total. The second-order valence-corrected chi connectivity index (χ2v) is 6.94. The Morgan fingerprint density at radius 2 is 1.81 bits per heavy atom. The van der Waals surface area contributed by atoms with Gasteiger partial charge in [-0.2, -0.15) is 0 Å². The van der Waals surface area contributed by atoms with E-state index in [0.29, 0.717) is 0 Å². The highest BCUT2D eigenvalue weighted by Crippen LogP contribution is 2.22. The molecule has 0 spiro atoms. The van der Waals surface area contributed by atoms with Gasteiger partial charge < -0.3 is 5.11 Å². The fourth-order valence-electron chi connectivity index (χ4n) is 1.69. The lowest BCUT2D eigenvalue weighted by Crippen LogP contribution is -2.43. The Morgan fingerprint density at radius 3 is 2.24 bits per heavy atom. The first-order chi connectivity index (χ1) is 9.53. The molecule has 0 heterocycles. The van der Waals surface area contributed by atoms with Crippen molar-refractivity contribution in [2.24, 2.45) is 0 Å². The number of aliphatic carboxylic acids is 1. The summed E-state index contributed by atoms with van der Waals surface area (Å²) in [6.45, 7) is 3.11. The van der Waals surface area contributed by atoms with E-state index < -0.39 is 28.0 Å². The summed E-state index contributed by atoms with van der Waals surface area (Å²) in [4.78, 5) is 10.4. The lowest BCUT2D eigenvalue weighted by atomic mass is 10.0. The number of benzene rings is 1. The second kappa shape index (κ2) is 6.48. The molecular formula is C13H17F2NO4S. The summed E-state index contributed by atoms with van der Waals surface area (Å²) in [5, 5.41) is 8.63. The lowest BCUT2D eigenvalue weighted by Gasteiger charge is -2.25. The van der Waals surface area contributed by atoms with Crippen LogP contribution in [-0.4, -0.2) is 25.0 Å². The second-order valence-electron chi connectivity index (χ2n) is 5.25. The number of carboxylic acids is 1. The molecule has 0 radical (unpaired) electrons. The Bertz CT molecular complexity index is 597. The molecule has 0 saturated carbocycles. The van der Waals surface area contributed by atoms with Crippen molar-refractivity contribution in [3.05, 3.63) is 29.8 Å². The van der Waals surface area contributed by atoms with Gasteiger partial charge in [-0.15, -0.1) is 0 Å². The molecule has 0 saturated heterocycles. The van der Waals surface area contributed by atoms with Crippen molar-refractivity contribution in [3.8, 4) is 0 Å². The van der Waals surface area contributed by atoms with Gasteiger partial charge >= 0.3 is 5.97 Å². The third kappa shape index (κ3) is 5.39. The fourth-order valence-corrected chi connectivity index (χ4v) is 3.13. The summed E-state index contributed by atoms with van der Waals surface area (Å²) in [5.74, 6) is -1.02. The third-order valence-corrected chi connectivity index (χ3v) is 4.53. The number of hydrogen-bond donors (Lipinski definition) is 2. The maximum Gasteiger partial charge on any atom is 0.303 e. The van der Waals surface area contributed by atoms with E-state index in [1.165, 1.54) is 0 Å². The molecule has 118 valence electrons. The molecule has 1 rings (SSSR count). The van der Waals surface area contributed by atoms with Crippen LogP contribution >= 0.6 is 0 Å². The van der Waals surface area contributed by atoms with Crippen molar-refractivity contribution in [2.45, 2.75) is 43.5 Å². The van der Waals surface area contributed by atoms with Crippen LogP contribution in [0.4, 0.5) is 8.78 Å². The Morgan fingerprint density at radius 1 is 1.29 bits per heavy atom. The predicted molar refractivity (Wildman–Crippen MR) is 72.7 cm³/mol. The molecule has 21 heavy (non-hydrogen) atoms. The minimum absolute atomic E-state index is 0.108. The fraction of sp³-hybridized carbons (Fsp3) is 0.462. The maximum absolute atomic E-state index is 12.4. The van der Waals surface area contributed by atoms with Gasteiger partial charge in [0, 0.05) is 17.5 Å². The van der Waals surface area contributed by atoms with Crippen LogP contribution in [0.1, 0.15) is 38.7 Å². The number of sulfonamides is 1. The van der Waals surface area contributed by atoms with Crippen molar-refractivity contribution in [1.29, 1.82) is 0 Å². The minimum Gasteiger partial charge on any atom is -0.481 e. The summed E-state index contributed by atoms with van der Waals surface area (Å²) in [7, 11) is -3.90. The number of halogens is 2.